The molecule has 0 saturated heterocycles. The van der Waals surface area contributed by atoms with Crippen LogP contribution in [-0.4, -0.2) is 34.4 Å². The van der Waals surface area contributed by atoms with Crippen molar-refractivity contribution in [1.82, 2.24) is 14.9 Å². The van der Waals surface area contributed by atoms with Gasteiger partial charge in [-0.2, -0.15) is 0 Å². The van der Waals surface area contributed by atoms with Gasteiger partial charge in [-0.05, 0) is 42.0 Å². The van der Waals surface area contributed by atoms with Crippen molar-refractivity contribution in [3.8, 4) is 5.75 Å². The lowest BCUT2D eigenvalue weighted by Gasteiger charge is -2.19. The van der Waals surface area contributed by atoms with Crippen LogP contribution in [0.15, 0.2) is 53.0 Å². The van der Waals surface area contributed by atoms with E-state index in [1.165, 1.54) is 12.1 Å². The fourth-order valence-electron chi connectivity index (χ4n) is 3.91. The van der Waals surface area contributed by atoms with Gasteiger partial charge >= 0.3 is 0 Å². The number of nitrogens with one attached hydrogen (secondary N) is 3. The van der Waals surface area contributed by atoms with Crippen LogP contribution in [-0.2, 0) is 18.4 Å². The number of imidazole rings is 1. The summed E-state index contributed by atoms with van der Waals surface area (Å²) in [6.07, 6.45) is -2.74. The number of nitrogens with zero attached hydrogens (tertiary/aromatic N) is 2. The number of hydrogen-bond acceptors (Lipinski definition) is 5. The Hall–Kier alpha value is -3.41. The highest BCUT2D eigenvalue weighted by Gasteiger charge is 2.23. The van der Waals surface area contributed by atoms with Crippen LogP contribution < -0.4 is 20.7 Å². The average Bonchev–Trinajstić information content (AvgIpc) is 3.23. The first kappa shape index (κ1) is 31.5. The molecule has 0 aliphatic rings. The van der Waals surface area contributed by atoms with E-state index in [4.69, 9.17) is 27.9 Å². The van der Waals surface area contributed by atoms with Gasteiger partial charge in [0.1, 0.15) is 12.4 Å². The topological polar surface area (TPSA) is 97.3 Å². The van der Waals surface area contributed by atoms with Crippen LogP contribution in [0.5, 0.6) is 5.75 Å². The lowest BCUT2D eigenvalue weighted by atomic mass is 9.95. The standard InChI is InChI=1S/C29H28BrCl2F2N5O3/c1-29(2,3)27(41)35-13-15-5-10-19(31)25(24(15)32)38-28-37-20-11-18(26(40)36-17-8-6-16(30)7-9-17)22(42-14-23(33)34)12-21(20)39(28)4/h5-12,23H,13-14H2,1-4H3,(H,35,41)(H,36,40)(H,37,38). The lowest BCUT2D eigenvalue weighted by Crippen LogP contribution is -2.34. The van der Waals surface area contributed by atoms with Crippen LogP contribution in [0, 0.1) is 5.41 Å². The van der Waals surface area contributed by atoms with E-state index in [-0.39, 0.29) is 23.8 Å². The van der Waals surface area contributed by atoms with E-state index >= 15 is 0 Å². The predicted octanol–water partition coefficient (Wildman–Crippen LogP) is 7.94. The molecule has 0 unspecified atom stereocenters. The average molecular weight is 683 g/mol. The monoisotopic (exact) mass is 681 g/mol. The van der Waals surface area contributed by atoms with E-state index in [1.807, 2.05) is 20.8 Å². The molecule has 1 heterocycles. The van der Waals surface area contributed by atoms with Gasteiger partial charge in [0, 0.05) is 35.2 Å². The van der Waals surface area contributed by atoms with Gasteiger partial charge in [0.15, 0.2) is 0 Å². The predicted molar refractivity (Wildman–Crippen MR) is 165 cm³/mol. The third-order valence-corrected chi connectivity index (χ3v) is 7.50. The molecular formula is C29H28BrCl2F2N5O3. The molecule has 222 valence electrons. The molecule has 0 saturated carbocycles. The Morgan fingerprint density at radius 2 is 1.79 bits per heavy atom. The highest BCUT2D eigenvalue weighted by Crippen LogP contribution is 2.37. The molecule has 1 aromatic heterocycles. The van der Waals surface area contributed by atoms with E-state index in [2.05, 4.69) is 36.9 Å². The Morgan fingerprint density at radius 1 is 1.10 bits per heavy atom. The summed E-state index contributed by atoms with van der Waals surface area (Å²) in [6, 6.07) is 13.2. The Kier molecular flexibility index (Phi) is 9.64. The molecule has 2 amide bonds. The molecule has 0 aliphatic carbocycles. The first-order valence-corrected chi connectivity index (χ1v) is 14.3. The number of aryl methyl sites for hydroxylation is 1. The number of alkyl halides is 2. The van der Waals surface area contributed by atoms with Crippen LogP contribution in [0.1, 0.15) is 36.7 Å². The third kappa shape index (κ3) is 7.32. The molecule has 0 bridgehead atoms. The highest BCUT2D eigenvalue weighted by molar-refractivity contribution is 9.10. The number of fused-ring (bicyclic) bond motifs is 1. The van der Waals surface area contributed by atoms with E-state index in [0.29, 0.717) is 44.0 Å². The lowest BCUT2D eigenvalue weighted by molar-refractivity contribution is -0.128. The molecule has 0 radical (unpaired) electrons. The number of rotatable bonds is 9. The Labute approximate surface area is 259 Å². The van der Waals surface area contributed by atoms with E-state index < -0.39 is 24.4 Å². The van der Waals surface area contributed by atoms with Crippen molar-refractivity contribution in [1.29, 1.82) is 0 Å². The van der Waals surface area contributed by atoms with Gasteiger partial charge in [-0.1, -0.05) is 66.0 Å². The van der Waals surface area contributed by atoms with Crippen molar-refractivity contribution in [2.75, 3.05) is 17.2 Å². The first-order chi connectivity index (χ1) is 19.7. The van der Waals surface area contributed by atoms with Crippen molar-refractivity contribution in [2.45, 2.75) is 33.7 Å². The maximum absolute atomic E-state index is 13.2. The molecule has 3 N–H and O–H groups in total. The van der Waals surface area contributed by atoms with E-state index in [9.17, 15) is 18.4 Å². The number of ether oxygens (including phenoxy) is 1. The maximum Gasteiger partial charge on any atom is 0.272 e. The largest absolute Gasteiger partial charge is 0.487 e. The SMILES string of the molecule is Cn1c(Nc2c(Cl)ccc(CNC(=O)C(C)(C)C)c2Cl)nc2cc(C(=O)Nc3ccc(Br)cc3)c(OCC(F)F)cc21. The first-order valence-electron chi connectivity index (χ1n) is 12.7. The number of aromatic nitrogens is 2. The van der Waals surface area contributed by atoms with Gasteiger partial charge < -0.3 is 25.3 Å². The van der Waals surface area contributed by atoms with Gasteiger partial charge in [0.05, 0.1) is 32.3 Å². The maximum atomic E-state index is 13.2. The number of anilines is 3. The van der Waals surface area contributed by atoms with Gasteiger partial charge in [-0.15, -0.1) is 0 Å². The minimum absolute atomic E-state index is 0.0281. The minimum Gasteiger partial charge on any atom is -0.487 e. The Bertz CT molecular complexity index is 1640. The van der Waals surface area contributed by atoms with Gasteiger partial charge in [-0.25, -0.2) is 13.8 Å². The van der Waals surface area contributed by atoms with Gasteiger partial charge in [0.2, 0.25) is 11.9 Å². The van der Waals surface area contributed by atoms with Crippen LogP contribution in [0.4, 0.5) is 26.1 Å². The van der Waals surface area contributed by atoms with E-state index in [0.717, 1.165) is 4.47 Å². The van der Waals surface area contributed by atoms with Gasteiger partial charge in [-0.3, -0.25) is 9.59 Å². The van der Waals surface area contributed by atoms with Crippen molar-refractivity contribution in [3.05, 3.63) is 74.2 Å². The van der Waals surface area contributed by atoms with Crippen LogP contribution >= 0.6 is 39.1 Å². The summed E-state index contributed by atoms with van der Waals surface area (Å²) in [5, 5.41) is 9.34. The zero-order valence-electron chi connectivity index (χ0n) is 23.1. The number of carbonyl (C=O) groups excluding carboxylic acids is 2. The molecule has 4 rings (SSSR count). The summed E-state index contributed by atoms with van der Waals surface area (Å²) in [7, 11) is 1.70. The van der Waals surface area contributed by atoms with Crippen LogP contribution in [0.25, 0.3) is 11.0 Å². The smallest absolute Gasteiger partial charge is 0.272 e. The summed E-state index contributed by atoms with van der Waals surface area (Å²) in [5.41, 5.74) is 1.86. The van der Waals surface area contributed by atoms with Crippen molar-refractivity contribution in [2.24, 2.45) is 12.5 Å². The second kappa shape index (κ2) is 12.8. The molecule has 13 heteroatoms. The van der Waals surface area contributed by atoms with Gasteiger partial charge in [0.25, 0.3) is 12.3 Å². The molecule has 0 fully saturated rings. The number of amides is 2. The molecule has 42 heavy (non-hydrogen) atoms. The Morgan fingerprint density at radius 3 is 2.43 bits per heavy atom. The summed E-state index contributed by atoms with van der Waals surface area (Å²) >= 11 is 16.5. The summed E-state index contributed by atoms with van der Waals surface area (Å²) < 4.78 is 33.9. The minimum atomic E-state index is -2.74. The highest BCUT2D eigenvalue weighted by atomic mass is 79.9. The van der Waals surface area contributed by atoms with Crippen molar-refractivity contribution >= 4 is 79.3 Å². The Balaban J connectivity index is 1.68. The number of carbonyl (C=O) groups is 2. The van der Waals surface area contributed by atoms with Crippen molar-refractivity contribution < 1.29 is 23.1 Å². The number of benzene rings is 3. The fraction of sp³-hybridized carbons (Fsp3) is 0.276. The molecule has 0 aliphatic heterocycles. The third-order valence-electron chi connectivity index (χ3n) is 6.22. The quantitative estimate of drug-likeness (QED) is 0.167. The summed E-state index contributed by atoms with van der Waals surface area (Å²) in [4.78, 5) is 30.1. The molecule has 3 aromatic carbocycles. The zero-order chi connectivity index (χ0) is 30.8. The molecule has 4 aromatic rings. The molecular weight excluding hydrogens is 655 g/mol. The normalized spacial score (nSPS) is 11.6. The second-order valence-corrected chi connectivity index (χ2v) is 12.1. The molecule has 8 nitrogen and oxygen atoms in total. The zero-order valence-corrected chi connectivity index (χ0v) is 26.2. The fourth-order valence-corrected chi connectivity index (χ4v) is 4.71. The van der Waals surface area contributed by atoms with Crippen LogP contribution in [0.2, 0.25) is 10.0 Å². The van der Waals surface area contributed by atoms with E-state index in [1.54, 1.807) is 48.0 Å². The summed E-state index contributed by atoms with van der Waals surface area (Å²) in [5.74, 6) is -0.405. The van der Waals surface area contributed by atoms with Crippen LogP contribution in [0.3, 0.4) is 0 Å². The van der Waals surface area contributed by atoms with Crippen molar-refractivity contribution in [3.63, 3.8) is 0 Å². The molecule has 0 atom stereocenters. The summed E-state index contributed by atoms with van der Waals surface area (Å²) in [6.45, 7) is 4.72. The number of hydrogen-bond donors (Lipinski definition) is 3. The second-order valence-electron chi connectivity index (χ2n) is 10.4. The molecule has 0 spiro atoms. The number of halogens is 5.